The maximum absolute atomic E-state index is 11.7. The van der Waals surface area contributed by atoms with Gasteiger partial charge in [-0.05, 0) is 19.3 Å². The Morgan fingerprint density at radius 2 is 1.69 bits per heavy atom. The number of nitrogens with two attached hydrogens (primary N) is 1. The first kappa shape index (κ1) is 12.4. The number of nitrogens with zero attached hydrogens (tertiary/aromatic N) is 1. The first-order valence-electron chi connectivity index (χ1n) is 4.70. The molecular formula is C10H22N2O. The SMILES string of the molecule is CC(C)N(C)C(=O)C(N)C(C)(C)C. The van der Waals surface area contributed by atoms with Gasteiger partial charge in [-0.2, -0.15) is 0 Å². The van der Waals surface area contributed by atoms with Gasteiger partial charge in [-0.15, -0.1) is 0 Å². The molecule has 0 aliphatic carbocycles. The number of carbonyl (C=O) groups is 1. The molecular weight excluding hydrogens is 164 g/mol. The van der Waals surface area contributed by atoms with Gasteiger partial charge in [0, 0.05) is 13.1 Å². The van der Waals surface area contributed by atoms with E-state index in [2.05, 4.69) is 0 Å². The molecule has 0 aromatic carbocycles. The second-order valence-corrected chi connectivity index (χ2v) is 4.89. The van der Waals surface area contributed by atoms with Crippen LogP contribution < -0.4 is 5.73 Å². The third kappa shape index (κ3) is 3.35. The fraction of sp³-hybridized carbons (Fsp3) is 0.900. The molecule has 0 bridgehead atoms. The number of carbonyl (C=O) groups excluding carboxylic acids is 1. The molecule has 3 nitrogen and oxygen atoms in total. The molecule has 0 spiro atoms. The number of amides is 1. The standard InChI is InChI=1S/C10H22N2O/c1-7(2)12(6)9(13)8(11)10(3,4)5/h7-8H,11H2,1-6H3. The Hall–Kier alpha value is -0.570. The predicted octanol–water partition coefficient (Wildman–Crippen LogP) is 1.23. The zero-order chi connectivity index (χ0) is 10.8. The fourth-order valence-electron chi connectivity index (χ4n) is 0.844. The van der Waals surface area contributed by atoms with Gasteiger partial charge in [0.1, 0.15) is 0 Å². The highest BCUT2D eigenvalue weighted by molar-refractivity contribution is 5.82. The summed E-state index contributed by atoms with van der Waals surface area (Å²) in [4.78, 5) is 13.4. The van der Waals surface area contributed by atoms with Crippen LogP contribution >= 0.6 is 0 Å². The van der Waals surface area contributed by atoms with Gasteiger partial charge in [-0.3, -0.25) is 4.79 Å². The minimum Gasteiger partial charge on any atom is -0.342 e. The molecule has 13 heavy (non-hydrogen) atoms. The smallest absolute Gasteiger partial charge is 0.239 e. The summed E-state index contributed by atoms with van der Waals surface area (Å²) in [5.41, 5.74) is 5.68. The van der Waals surface area contributed by atoms with Gasteiger partial charge in [-0.25, -0.2) is 0 Å². The van der Waals surface area contributed by atoms with Crippen molar-refractivity contribution >= 4 is 5.91 Å². The lowest BCUT2D eigenvalue weighted by molar-refractivity contribution is -0.135. The molecule has 78 valence electrons. The van der Waals surface area contributed by atoms with Crippen LogP contribution in [0.15, 0.2) is 0 Å². The Morgan fingerprint density at radius 3 is 1.92 bits per heavy atom. The zero-order valence-corrected chi connectivity index (χ0v) is 9.59. The van der Waals surface area contributed by atoms with Crippen LogP contribution in [0.4, 0.5) is 0 Å². The van der Waals surface area contributed by atoms with E-state index in [1.807, 2.05) is 34.6 Å². The largest absolute Gasteiger partial charge is 0.342 e. The van der Waals surface area contributed by atoms with E-state index in [1.54, 1.807) is 11.9 Å². The summed E-state index contributed by atoms with van der Waals surface area (Å²) in [5, 5.41) is 0. The van der Waals surface area contributed by atoms with Gasteiger partial charge < -0.3 is 10.6 Å². The van der Waals surface area contributed by atoms with E-state index in [4.69, 9.17) is 5.73 Å². The predicted molar refractivity (Wildman–Crippen MR) is 55.3 cm³/mol. The zero-order valence-electron chi connectivity index (χ0n) is 9.59. The number of likely N-dealkylation sites (N-methyl/N-ethyl adjacent to an activating group) is 1. The van der Waals surface area contributed by atoms with Gasteiger partial charge in [0.15, 0.2) is 0 Å². The third-order valence-electron chi connectivity index (χ3n) is 2.32. The van der Waals surface area contributed by atoms with E-state index in [9.17, 15) is 4.79 Å². The van der Waals surface area contributed by atoms with E-state index in [0.29, 0.717) is 0 Å². The number of hydrogen-bond acceptors (Lipinski definition) is 2. The first-order valence-corrected chi connectivity index (χ1v) is 4.70. The van der Waals surface area contributed by atoms with Crippen LogP contribution in [0.25, 0.3) is 0 Å². The average Bonchev–Trinajstić information content (AvgIpc) is 1.98. The molecule has 0 heterocycles. The van der Waals surface area contributed by atoms with Crippen molar-refractivity contribution in [2.45, 2.75) is 46.7 Å². The molecule has 0 aliphatic heterocycles. The number of hydrogen-bond donors (Lipinski definition) is 1. The Bertz CT molecular complexity index is 182. The minimum absolute atomic E-state index is 0.0162. The van der Waals surface area contributed by atoms with E-state index in [0.717, 1.165) is 0 Å². The molecule has 0 saturated heterocycles. The summed E-state index contributed by atoms with van der Waals surface area (Å²) in [6.07, 6.45) is 0. The summed E-state index contributed by atoms with van der Waals surface area (Å²) in [7, 11) is 1.79. The highest BCUT2D eigenvalue weighted by Crippen LogP contribution is 2.19. The van der Waals surface area contributed by atoms with Crippen molar-refractivity contribution in [2.24, 2.45) is 11.1 Å². The second-order valence-electron chi connectivity index (χ2n) is 4.89. The van der Waals surface area contributed by atoms with Crippen LogP contribution in [0.3, 0.4) is 0 Å². The molecule has 0 rings (SSSR count). The Labute approximate surface area is 81.3 Å². The van der Waals surface area contributed by atoms with Crippen molar-refractivity contribution in [1.29, 1.82) is 0 Å². The molecule has 0 fully saturated rings. The van der Waals surface area contributed by atoms with Gasteiger partial charge >= 0.3 is 0 Å². The maximum Gasteiger partial charge on any atom is 0.239 e. The Kier molecular flexibility index (Phi) is 3.91. The number of rotatable bonds is 2. The normalized spacial score (nSPS) is 14.5. The molecule has 1 atom stereocenters. The quantitative estimate of drug-likeness (QED) is 0.705. The van der Waals surface area contributed by atoms with E-state index < -0.39 is 6.04 Å². The molecule has 0 aromatic rings. The summed E-state index contributed by atoms with van der Waals surface area (Å²) in [5.74, 6) is 0.0162. The fourth-order valence-corrected chi connectivity index (χ4v) is 0.844. The van der Waals surface area contributed by atoms with E-state index >= 15 is 0 Å². The summed E-state index contributed by atoms with van der Waals surface area (Å²) in [6.45, 7) is 9.89. The van der Waals surface area contributed by atoms with Crippen LogP contribution in [0, 0.1) is 5.41 Å². The van der Waals surface area contributed by atoms with Crippen molar-refractivity contribution in [3.05, 3.63) is 0 Å². The maximum atomic E-state index is 11.7. The highest BCUT2D eigenvalue weighted by atomic mass is 16.2. The summed E-state index contributed by atoms with van der Waals surface area (Å²) < 4.78 is 0. The van der Waals surface area contributed by atoms with Crippen LogP contribution in [0.2, 0.25) is 0 Å². The van der Waals surface area contributed by atoms with E-state index in [-0.39, 0.29) is 17.4 Å². The van der Waals surface area contributed by atoms with Crippen molar-refractivity contribution in [2.75, 3.05) is 7.05 Å². The lowest BCUT2D eigenvalue weighted by Crippen LogP contribution is -2.50. The minimum atomic E-state index is -0.417. The van der Waals surface area contributed by atoms with Crippen LogP contribution in [-0.4, -0.2) is 29.9 Å². The van der Waals surface area contributed by atoms with Crippen LogP contribution in [-0.2, 0) is 4.79 Å². The Balaban J connectivity index is 4.44. The van der Waals surface area contributed by atoms with Gasteiger partial charge in [0.2, 0.25) is 5.91 Å². The van der Waals surface area contributed by atoms with Gasteiger partial charge in [-0.1, -0.05) is 20.8 Å². The lowest BCUT2D eigenvalue weighted by Gasteiger charge is -2.31. The van der Waals surface area contributed by atoms with Gasteiger partial charge in [0.05, 0.1) is 6.04 Å². The third-order valence-corrected chi connectivity index (χ3v) is 2.32. The monoisotopic (exact) mass is 186 g/mol. The second kappa shape index (κ2) is 4.09. The molecule has 2 N–H and O–H groups in total. The molecule has 0 radical (unpaired) electrons. The molecule has 1 amide bonds. The Morgan fingerprint density at radius 1 is 1.31 bits per heavy atom. The topological polar surface area (TPSA) is 46.3 Å². The average molecular weight is 186 g/mol. The molecule has 0 aromatic heterocycles. The lowest BCUT2D eigenvalue weighted by atomic mass is 9.86. The van der Waals surface area contributed by atoms with Crippen molar-refractivity contribution in [1.82, 2.24) is 4.90 Å². The molecule has 1 unspecified atom stereocenters. The molecule has 0 aliphatic rings. The van der Waals surface area contributed by atoms with Crippen LogP contribution in [0.1, 0.15) is 34.6 Å². The molecule has 0 saturated carbocycles. The van der Waals surface area contributed by atoms with Gasteiger partial charge in [0.25, 0.3) is 0 Å². The van der Waals surface area contributed by atoms with E-state index in [1.165, 1.54) is 0 Å². The summed E-state index contributed by atoms with van der Waals surface area (Å²) in [6, 6.07) is -0.208. The summed E-state index contributed by atoms with van der Waals surface area (Å²) >= 11 is 0. The van der Waals surface area contributed by atoms with Crippen molar-refractivity contribution < 1.29 is 4.79 Å². The van der Waals surface area contributed by atoms with Crippen molar-refractivity contribution in [3.8, 4) is 0 Å². The first-order chi connectivity index (χ1) is 5.68. The van der Waals surface area contributed by atoms with Crippen LogP contribution in [0.5, 0.6) is 0 Å². The van der Waals surface area contributed by atoms with Crippen molar-refractivity contribution in [3.63, 3.8) is 0 Å². The molecule has 3 heteroatoms. The highest BCUT2D eigenvalue weighted by Gasteiger charge is 2.30.